The minimum Gasteiger partial charge on any atom is -0.464 e. The highest BCUT2D eigenvalue weighted by molar-refractivity contribution is 5.97. The van der Waals surface area contributed by atoms with Crippen molar-refractivity contribution in [3.05, 3.63) is 23.8 Å². The number of esters is 1. The third-order valence-electron chi connectivity index (χ3n) is 5.12. The molecule has 0 aliphatic carbocycles. The van der Waals surface area contributed by atoms with E-state index in [9.17, 15) is 14.4 Å². The number of amides is 2. The Morgan fingerprint density at radius 2 is 1.96 bits per heavy atom. The van der Waals surface area contributed by atoms with E-state index >= 15 is 0 Å². The molecule has 2 aliphatic heterocycles. The minimum absolute atomic E-state index is 0.00254. The summed E-state index contributed by atoms with van der Waals surface area (Å²) in [5.74, 6) is -0.573. The van der Waals surface area contributed by atoms with E-state index in [0.717, 1.165) is 0 Å². The Morgan fingerprint density at radius 3 is 2.71 bits per heavy atom. The van der Waals surface area contributed by atoms with E-state index in [0.29, 0.717) is 42.5 Å². The van der Waals surface area contributed by atoms with Crippen LogP contribution >= 0.6 is 0 Å². The highest BCUT2D eigenvalue weighted by Gasteiger charge is 2.44. The molecule has 0 N–H and O–H groups in total. The maximum atomic E-state index is 12.8. The van der Waals surface area contributed by atoms with Crippen LogP contribution in [0.2, 0.25) is 0 Å². The molecule has 0 saturated carbocycles. The molecule has 1 unspecified atom stereocenters. The number of carbonyl (C=O) groups is 3. The molecule has 148 valence electrons. The topological polar surface area (TPSA) is 115 Å². The third kappa shape index (κ3) is 3.25. The summed E-state index contributed by atoms with van der Waals surface area (Å²) in [4.78, 5) is 40.2. The van der Waals surface area contributed by atoms with Gasteiger partial charge in [0.15, 0.2) is 6.04 Å². The van der Waals surface area contributed by atoms with Gasteiger partial charge in [-0.2, -0.15) is 0 Å². The Labute approximate surface area is 160 Å². The van der Waals surface area contributed by atoms with Gasteiger partial charge in [0.1, 0.15) is 17.6 Å². The summed E-state index contributed by atoms with van der Waals surface area (Å²) >= 11 is 0. The summed E-state index contributed by atoms with van der Waals surface area (Å²) in [6.07, 6.45) is 0.612. The Hall–Kier alpha value is -3.17. The molecule has 28 heavy (non-hydrogen) atoms. The van der Waals surface area contributed by atoms with Crippen LogP contribution in [-0.4, -0.2) is 76.5 Å². The van der Waals surface area contributed by atoms with Crippen LogP contribution in [-0.2, 0) is 14.3 Å². The monoisotopic (exact) mass is 388 g/mol. The molecule has 0 radical (unpaired) electrons. The molecule has 3 heterocycles. The van der Waals surface area contributed by atoms with Crippen LogP contribution in [0.3, 0.4) is 0 Å². The largest absolute Gasteiger partial charge is 0.464 e. The van der Waals surface area contributed by atoms with E-state index < -0.39 is 18.1 Å². The number of carbonyl (C=O) groups excluding carboxylic acids is 3. The number of hydrogen-bond acceptors (Lipinski definition) is 8. The summed E-state index contributed by atoms with van der Waals surface area (Å²) in [6, 6.07) is 4.14. The van der Waals surface area contributed by atoms with Gasteiger partial charge in [0.25, 0.3) is 5.91 Å². The van der Waals surface area contributed by atoms with E-state index in [-0.39, 0.29) is 25.2 Å². The fourth-order valence-electron chi connectivity index (χ4n) is 3.70. The zero-order valence-corrected chi connectivity index (χ0v) is 15.4. The molecule has 4 rings (SSSR count). The molecule has 2 amide bonds. The smallest absolute Gasteiger partial charge is 0.410 e. The summed E-state index contributed by atoms with van der Waals surface area (Å²) in [6.45, 7) is 2.91. The quantitative estimate of drug-likeness (QED) is 0.718. The molecule has 1 aromatic heterocycles. The van der Waals surface area contributed by atoms with Gasteiger partial charge in [-0.3, -0.25) is 9.69 Å². The van der Waals surface area contributed by atoms with Crippen molar-refractivity contribution in [2.75, 3.05) is 26.3 Å². The highest BCUT2D eigenvalue weighted by atomic mass is 16.6. The van der Waals surface area contributed by atoms with Crippen LogP contribution < -0.4 is 0 Å². The van der Waals surface area contributed by atoms with E-state index in [2.05, 4.69) is 14.9 Å². The van der Waals surface area contributed by atoms with Crippen LogP contribution in [0.25, 0.3) is 11.0 Å². The van der Waals surface area contributed by atoms with Crippen molar-refractivity contribution in [1.82, 2.24) is 20.1 Å². The Morgan fingerprint density at radius 1 is 1.21 bits per heavy atom. The lowest BCUT2D eigenvalue weighted by Crippen LogP contribution is -2.52. The van der Waals surface area contributed by atoms with Gasteiger partial charge in [0.2, 0.25) is 0 Å². The van der Waals surface area contributed by atoms with E-state index in [1.807, 2.05) is 0 Å². The molecular formula is C18H20N4O6. The molecule has 2 aromatic rings. The Balaban J connectivity index is 1.41. The molecule has 1 atom stereocenters. The normalized spacial score (nSPS) is 20.5. The molecule has 2 fully saturated rings. The van der Waals surface area contributed by atoms with Gasteiger partial charge >= 0.3 is 12.1 Å². The van der Waals surface area contributed by atoms with Crippen molar-refractivity contribution in [1.29, 1.82) is 0 Å². The molecule has 10 nitrogen and oxygen atoms in total. The highest BCUT2D eigenvalue weighted by Crippen LogP contribution is 2.25. The van der Waals surface area contributed by atoms with E-state index in [1.54, 1.807) is 30.0 Å². The SMILES string of the molecule is CCOC(=O)C1COC(=O)N1C1CCN(C(=O)c2ccc3nonc3c2)CC1. The average molecular weight is 388 g/mol. The van der Waals surface area contributed by atoms with Crippen molar-refractivity contribution in [3.63, 3.8) is 0 Å². The van der Waals surface area contributed by atoms with Gasteiger partial charge < -0.3 is 14.4 Å². The van der Waals surface area contributed by atoms with Crippen LogP contribution in [0, 0.1) is 0 Å². The van der Waals surface area contributed by atoms with Crippen LogP contribution in [0.4, 0.5) is 4.79 Å². The van der Waals surface area contributed by atoms with Crippen LogP contribution in [0.1, 0.15) is 30.1 Å². The number of hydrogen-bond donors (Lipinski definition) is 0. The summed E-state index contributed by atoms with van der Waals surface area (Å²) in [5, 5.41) is 7.49. The summed E-state index contributed by atoms with van der Waals surface area (Å²) in [5.41, 5.74) is 1.62. The zero-order chi connectivity index (χ0) is 19.7. The number of likely N-dealkylation sites (tertiary alicyclic amines) is 1. The van der Waals surface area contributed by atoms with Gasteiger partial charge in [0.05, 0.1) is 6.61 Å². The lowest BCUT2D eigenvalue weighted by Gasteiger charge is -2.37. The molecule has 1 aromatic carbocycles. The maximum absolute atomic E-state index is 12.8. The number of piperidine rings is 1. The summed E-state index contributed by atoms with van der Waals surface area (Å²) in [7, 11) is 0. The third-order valence-corrected chi connectivity index (χ3v) is 5.12. The molecule has 0 spiro atoms. The van der Waals surface area contributed by atoms with Crippen molar-refractivity contribution in [2.45, 2.75) is 31.8 Å². The molecular weight excluding hydrogens is 368 g/mol. The average Bonchev–Trinajstić information content (AvgIpc) is 3.33. The lowest BCUT2D eigenvalue weighted by atomic mass is 10.0. The number of fused-ring (bicyclic) bond motifs is 1. The number of nitrogens with zero attached hydrogens (tertiary/aromatic N) is 4. The van der Waals surface area contributed by atoms with Crippen LogP contribution in [0.15, 0.2) is 22.8 Å². The number of rotatable bonds is 4. The van der Waals surface area contributed by atoms with Gasteiger partial charge in [0, 0.05) is 24.7 Å². The number of ether oxygens (including phenoxy) is 2. The van der Waals surface area contributed by atoms with Gasteiger partial charge in [-0.15, -0.1) is 0 Å². The standard InChI is InChI=1S/C18H20N4O6/c1-2-26-17(24)15-10-27-18(25)22(15)12-5-7-21(8-6-12)16(23)11-3-4-13-14(9-11)20-28-19-13/h3-4,9,12,15H,2,5-8,10H2,1H3. The van der Waals surface area contributed by atoms with Crippen molar-refractivity contribution < 1.29 is 28.5 Å². The second-order valence-corrected chi connectivity index (χ2v) is 6.74. The van der Waals surface area contributed by atoms with Crippen molar-refractivity contribution >= 4 is 29.0 Å². The molecule has 0 bridgehead atoms. The number of aromatic nitrogens is 2. The second kappa shape index (κ2) is 7.45. The number of benzene rings is 1. The first kappa shape index (κ1) is 18.2. The first-order chi connectivity index (χ1) is 13.6. The summed E-state index contributed by atoms with van der Waals surface area (Å²) < 4.78 is 14.8. The lowest BCUT2D eigenvalue weighted by molar-refractivity contribution is -0.148. The maximum Gasteiger partial charge on any atom is 0.410 e. The predicted octanol–water partition coefficient (Wildman–Crippen LogP) is 1.21. The number of cyclic esters (lactones) is 1. The van der Waals surface area contributed by atoms with Crippen LogP contribution in [0.5, 0.6) is 0 Å². The first-order valence-corrected chi connectivity index (χ1v) is 9.21. The second-order valence-electron chi connectivity index (χ2n) is 6.74. The Kier molecular flexibility index (Phi) is 4.84. The predicted molar refractivity (Wildman–Crippen MR) is 94.3 cm³/mol. The van der Waals surface area contributed by atoms with Gasteiger partial charge in [-0.25, -0.2) is 14.2 Å². The molecule has 10 heteroatoms. The van der Waals surface area contributed by atoms with Crippen molar-refractivity contribution in [3.8, 4) is 0 Å². The molecule has 2 aliphatic rings. The minimum atomic E-state index is -0.721. The molecule has 2 saturated heterocycles. The van der Waals surface area contributed by atoms with Gasteiger partial charge in [-0.1, -0.05) is 0 Å². The Bertz CT molecular complexity index is 904. The zero-order valence-electron chi connectivity index (χ0n) is 15.4. The van der Waals surface area contributed by atoms with E-state index in [1.165, 1.54) is 4.90 Å². The fourth-order valence-corrected chi connectivity index (χ4v) is 3.70. The van der Waals surface area contributed by atoms with E-state index in [4.69, 9.17) is 9.47 Å². The fraction of sp³-hybridized carbons (Fsp3) is 0.500. The van der Waals surface area contributed by atoms with Gasteiger partial charge in [-0.05, 0) is 48.3 Å². The first-order valence-electron chi connectivity index (χ1n) is 9.21. The van der Waals surface area contributed by atoms with Crippen molar-refractivity contribution in [2.24, 2.45) is 0 Å².